The van der Waals surface area contributed by atoms with Crippen molar-refractivity contribution in [3.8, 4) is 6.07 Å². The van der Waals surface area contributed by atoms with Crippen molar-refractivity contribution in [3.05, 3.63) is 29.8 Å². The lowest BCUT2D eigenvalue weighted by atomic mass is 9.48. The Labute approximate surface area is 156 Å². The molecule has 0 aliphatic heterocycles. The second-order valence-electron chi connectivity index (χ2n) is 9.07. The Bertz CT molecular complexity index is 700. The van der Waals surface area contributed by atoms with Gasteiger partial charge in [-0.2, -0.15) is 5.26 Å². The lowest BCUT2D eigenvalue weighted by Gasteiger charge is -2.59. The smallest absolute Gasteiger partial charge is 0.241 e. The lowest BCUT2D eigenvalue weighted by Crippen LogP contribution is -2.57. The van der Waals surface area contributed by atoms with Crippen LogP contribution in [0.2, 0.25) is 0 Å². The van der Waals surface area contributed by atoms with E-state index in [-0.39, 0.29) is 11.9 Å². The van der Waals surface area contributed by atoms with Gasteiger partial charge >= 0.3 is 0 Å². The van der Waals surface area contributed by atoms with Gasteiger partial charge in [0.05, 0.1) is 17.7 Å². The molecule has 0 radical (unpaired) electrons. The fourth-order valence-corrected chi connectivity index (χ4v) is 6.25. The molecule has 138 valence electrons. The number of benzene rings is 1. The third-order valence-corrected chi connectivity index (χ3v) is 7.16. The van der Waals surface area contributed by atoms with E-state index in [1.165, 1.54) is 38.5 Å². The van der Waals surface area contributed by atoms with Gasteiger partial charge in [0, 0.05) is 11.7 Å². The summed E-state index contributed by atoms with van der Waals surface area (Å²) in [5.74, 6) is 2.73. The molecule has 5 rings (SSSR count). The average Bonchev–Trinajstić information content (AvgIpc) is 2.60. The Morgan fingerprint density at radius 3 is 2.35 bits per heavy atom. The van der Waals surface area contributed by atoms with E-state index in [4.69, 9.17) is 5.26 Å². The van der Waals surface area contributed by atoms with Crippen molar-refractivity contribution in [1.29, 1.82) is 5.26 Å². The maximum absolute atomic E-state index is 12.6. The molecular formula is C22H29N3O. The van der Waals surface area contributed by atoms with Gasteiger partial charge in [-0.15, -0.1) is 0 Å². The highest BCUT2D eigenvalue weighted by Gasteiger charge is 2.53. The van der Waals surface area contributed by atoms with Gasteiger partial charge in [-0.25, -0.2) is 0 Å². The van der Waals surface area contributed by atoms with E-state index >= 15 is 0 Å². The fraction of sp³-hybridized carbons (Fsp3) is 0.636. The van der Waals surface area contributed by atoms with Crippen LogP contribution in [-0.4, -0.2) is 18.0 Å². The van der Waals surface area contributed by atoms with Crippen molar-refractivity contribution in [3.63, 3.8) is 0 Å². The normalized spacial score (nSPS) is 34.1. The summed E-state index contributed by atoms with van der Waals surface area (Å²) >= 11 is 0. The summed E-state index contributed by atoms with van der Waals surface area (Å²) in [5, 5.41) is 15.6. The van der Waals surface area contributed by atoms with Gasteiger partial charge in [0.25, 0.3) is 0 Å². The Kier molecular flexibility index (Phi) is 4.52. The van der Waals surface area contributed by atoms with Crippen LogP contribution in [0.3, 0.4) is 0 Å². The molecule has 4 nitrogen and oxygen atoms in total. The van der Waals surface area contributed by atoms with Crippen molar-refractivity contribution in [2.24, 2.45) is 23.2 Å². The molecule has 4 saturated carbocycles. The first-order valence-electron chi connectivity index (χ1n) is 10.0. The zero-order chi connectivity index (χ0) is 18.3. The number of nitrogens with one attached hydrogen (secondary N) is 2. The number of amides is 1. The van der Waals surface area contributed by atoms with Crippen molar-refractivity contribution in [1.82, 2.24) is 5.32 Å². The molecule has 0 unspecified atom stereocenters. The Morgan fingerprint density at radius 2 is 1.77 bits per heavy atom. The molecule has 0 aromatic heterocycles. The molecule has 26 heavy (non-hydrogen) atoms. The van der Waals surface area contributed by atoms with Crippen molar-refractivity contribution < 1.29 is 4.79 Å². The second-order valence-corrected chi connectivity index (χ2v) is 9.07. The van der Waals surface area contributed by atoms with E-state index in [9.17, 15) is 4.79 Å². The van der Waals surface area contributed by atoms with E-state index in [0.29, 0.717) is 22.7 Å². The zero-order valence-corrected chi connectivity index (χ0v) is 15.8. The quantitative estimate of drug-likeness (QED) is 0.840. The lowest BCUT2D eigenvalue weighted by molar-refractivity contribution is -0.119. The van der Waals surface area contributed by atoms with Gasteiger partial charge in [-0.1, -0.05) is 6.07 Å². The van der Waals surface area contributed by atoms with Crippen LogP contribution < -0.4 is 10.6 Å². The van der Waals surface area contributed by atoms with Crippen molar-refractivity contribution >= 4 is 11.6 Å². The summed E-state index contributed by atoms with van der Waals surface area (Å²) in [4.78, 5) is 12.6. The largest absolute Gasteiger partial charge is 0.325 e. The van der Waals surface area contributed by atoms with Gasteiger partial charge in [0.15, 0.2) is 0 Å². The monoisotopic (exact) mass is 351 g/mol. The molecule has 4 aliphatic carbocycles. The first-order valence-corrected chi connectivity index (χ1v) is 10.0. The van der Waals surface area contributed by atoms with Crippen LogP contribution in [0.25, 0.3) is 0 Å². The minimum atomic E-state index is -0.247. The summed E-state index contributed by atoms with van der Waals surface area (Å²) in [6.07, 6.45) is 8.34. The summed E-state index contributed by atoms with van der Waals surface area (Å²) in [6, 6.07) is 9.31. The van der Waals surface area contributed by atoms with E-state index in [0.717, 1.165) is 17.8 Å². The van der Waals surface area contributed by atoms with Crippen molar-refractivity contribution in [2.45, 2.75) is 64.5 Å². The average molecular weight is 351 g/mol. The number of carbonyl (C=O) groups excluding carboxylic acids is 1. The molecule has 0 spiro atoms. The molecule has 4 aliphatic rings. The third kappa shape index (κ3) is 3.25. The summed E-state index contributed by atoms with van der Waals surface area (Å²) in [7, 11) is 0. The molecule has 0 saturated heterocycles. The molecule has 2 atom stereocenters. The van der Waals surface area contributed by atoms with Gasteiger partial charge in [0.2, 0.25) is 5.91 Å². The molecule has 4 fully saturated rings. The van der Waals surface area contributed by atoms with E-state index < -0.39 is 0 Å². The fourth-order valence-electron chi connectivity index (χ4n) is 6.25. The van der Waals surface area contributed by atoms with E-state index in [1.807, 2.05) is 13.0 Å². The van der Waals surface area contributed by atoms with Gasteiger partial charge < -0.3 is 10.6 Å². The van der Waals surface area contributed by atoms with Gasteiger partial charge in [0.1, 0.15) is 0 Å². The maximum Gasteiger partial charge on any atom is 0.241 e. The summed E-state index contributed by atoms with van der Waals surface area (Å²) in [5.41, 5.74) is 1.64. The van der Waals surface area contributed by atoms with Crippen LogP contribution in [0.1, 0.15) is 57.9 Å². The molecule has 1 aromatic rings. The topological polar surface area (TPSA) is 64.9 Å². The predicted octanol–water partition coefficient (Wildman–Crippen LogP) is 4.08. The van der Waals surface area contributed by atoms with Crippen LogP contribution in [0.15, 0.2) is 24.3 Å². The van der Waals surface area contributed by atoms with E-state index in [2.05, 4.69) is 23.6 Å². The number of carbonyl (C=O) groups is 1. The van der Waals surface area contributed by atoms with Crippen LogP contribution in [0.5, 0.6) is 0 Å². The molecule has 0 heterocycles. The molecule has 1 amide bonds. The highest BCUT2D eigenvalue weighted by Crippen LogP contribution is 2.61. The highest BCUT2D eigenvalue weighted by molar-refractivity contribution is 5.94. The second kappa shape index (κ2) is 6.70. The van der Waals surface area contributed by atoms with Gasteiger partial charge in [-0.05, 0) is 93.7 Å². The summed E-state index contributed by atoms with van der Waals surface area (Å²) < 4.78 is 0. The predicted molar refractivity (Wildman–Crippen MR) is 102 cm³/mol. The Morgan fingerprint density at radius 1 is 1.15 bits per heavy atom. The minimum Gasteiger partial charge on any atom is -0.325 e. The number of nitrogens with zero attached hydrogens (tertiary/aromatic N) is 1. The number of nitriles is 1. The van der Waals surface area contributed by atoms with Crippen LogP contribution in [0.4, 0.5) is 5.69 Å². The molecule has 4 bridgehead atoms. The van der Waals surface area contributed by atoms with Crippen LogP contribution >= 0.6 is 0 Å². The molecule has 1 aromatic carbocycles. The maximum atomic E-state index is 12.6. The standard InChI is InChI=1S/C22H29N3O/c1-14(21(26)25-20-5-3-4-16(9-20)13-23)24-15(2)22-10-17-6-18(11-22)8-19(7-17)12-22/h3-5,9,14-15,17-19,24H,6-8,10-12H2,1-2H3,(H,25,26)/t14-,15+,17?,18?,19?,22?/m0/s1. The molecule has 4 heteroatoms. The summed E-state index contributed by atoms with van der Waals surface area (Å²) in [6.45, 7) is 4.23. The number of anilines is 1. The van der Waals surface area contributed by atoms with Crippen LogP contribution in [-0.2, 0) is 4.79 Å². The SMILES string of the molecule is C[C@H](N[C@H](C)C12CC3CC(CC(C3)C1)C2)C(=O)Nc1cccc(C#N)c1. The number of rotatable bonds is 5. The third-order valence-electron chi connectivity index (χ3n) is 7.16. The first kappa shape index (κ1) is 17.5. The Balaban J connectivity index is 1.39. The first-order chi connectivity index (χ1) is 12.5. The number of hydrogen-bond acceptors (Lipinski definition) is 3. The molecule has 2 N–H and O–H groups in total. The Hall–Kier alpha value is -1.86. The highest BCUT2D eigenvalue weighted by atomic mass is 16.2. The van der Waals surface area contributed by atoms with Crippen molar-refractivity contribution in [2.75, 3.05) is 5.32 Å². The number of hydrogen-bond donors (Lipinski definition) is 2. The minimum absolute atomic E-state index is 0.0309. The van der Waals surface area contributed by atoms with Crippen LogP contribution in [0, 0.1) is 34.5 Å². The zero-order valence-electron chi connectivity index (χ0n) is 15.8. The molecular weight excluding hydrogens is 322 g/mol. The van der Waals surface area contributed by atoms with Gasteiger partial charge in [-0.3, -0.25) is 4.79 Å². The van der Waals surface area contributed by atoms with E-state index in [1.54, 1.807) is 18.2 Å².